The predicted molar refractivity (Wildman–Crippen MR) is 85.3 cm³/mol. The van der Waals surface area contributed by atoms with Gasteiger partial charge in [0, 0.05) is 12.3 Å². The summed E-state index contributed by atoms with van der Waals surface area (Å²) in [5, 5.41) is 9.53. The number of nitrogens with zero attached hydrogens (tertiary/aromatic N) is 3. The minimum Gasteiger partial charge on any atom is -0.467 e. The van der Waals surface area contributed by atoms with Gasteiger partial charge in [0.15, 0.2) is 5.65 Å². The van der Waals surface area contributed by atoms with E-state index in [1.54, 1.807) is 23.6 Å². The third kappa shape index (κ3) is 3.27. The summed E-state index contributed by atoms with van der Waals surface area (Å²) in [4.78, 5) is 28.2. The number of nitrogens with one attached hydrogen (secondary N) is 2. The van der Waals surface area contributed by atoms with E-state index in [9.17, 15) is 9.59 Å². The van der Waals surface area contributed by atoms with Crippen LogP contribution in [0.2, 0.25) is 0 Å². The van der Waals surface area contributed by atoms with Gasteiger partial charge in [-0.2, -0.15) is 5.10 Å². The highest BCUT2D eigenvalue weighted by atomic mass is 16.3. The van der Waals surface area contributed by atoms with Gasteiger partial charge < -0.3 is 15.1 Å². The van der Waals surface area contributed by atoms with E-state index < -0.39 is 0 Å². The summed E-state index contributed by atoms with van der Waals surface area (Å²) < 4.78 is 6.73. The smallest absolute Gasteiger partial charge is 0.255 e. The number of carbonyl (C=O) groups excluding carboxylic acids is 2. The van der Waals surface area contributed by atoms with Crippen LogP contribution in [0.5, 0.6) is 0 Å². The van der Waals surface area contributed by atoms with Crippen LogP contribution in [0.3, 0.4) is 0 Å². The highest BCUT2D eigenvalue weighted by molar-refractivity contribution is 5.97. The van der Waals surface area contributed by atoms with E-state index in [1.165, 1.54) is 12.5 Å². The minimum atomic E-state index is -0.372. The minimum absolute atomic E-state index is 0.130. The molecular formula is C16H17N5O3. The molecule has 3 aromatic heterocycles. The van der Waals surface area contributed by atoms with Crippen LogP contribution < -0.4 is 10.6 Å². The second-order valence-corrected chi connectivity index (χ2v) is 5.35. The molecule has 0 radical (unpaired) electrons. The topological polar surface area (TPSA) is 102 Å². The van der Waals surface area contributed by atoms with Crippen molar-refractivity contribution in [1.29, 1.82) is 0 Å². The van der Waals surface area contributed by atoms with Crippen molar-refractivity contribution in [2.75, 3.05) is 6.54 Å². The predicted octanol–water partition coefficient (Wildman–Crippen LogP) is 0.985. The standard InChI is InChI=1S/C16H17N5O3/c1-10-6-14-17-8-13(11(2)21(14)20-10)16(23)19-9-15(22)18-7-12-4-3-5-24-12/h3-6,8H,7,9H2,1-2H3,(H,18,22)(H,19,23). The van der Waals surface area contributed by atoms with E-state index in [-0.39, 0.29) is 24.9 Å². The number of hydrogen-bond acceptors (Lipinski definition) is 5. The normalized spacial score (nSPS) is 10.8. The molecule has 3 heterocycles. The Morgan fingerprint density at radius 2 is 2.12 bits per heavy atom. The molecule has 0 aliphatic rings. The number of fused-ring (bicyclic) bond motifs is 1. The van der Waals surface area contributed by atoms with Crippen LogP contribution in [0, 0.1) is 13.8 Å². The molecule has 2 amide bonds. The van der Waals surface area contributed by atoms with Gasteiger partial charge in [-0.05, 0) is 26.0 Å². The van der Waals surface area contributed by atoms with E-state index in [2.05, 4.69) is 20.7 Å². The molecule has 0 aliphatic heterocycles. The number of carbonyl (C=O) groups is 2. The summed E-state index contributed by atoms with van der Waals surface area (Å²) in [6, 6.07) is 5.33. The zero-order valence-electron chi connectivity index (χ0n) is 13.4. The largest absolute Gasteiger partial charge is 0.467 e. The lowest BCUT2D eigenvalue weighted by atomic mass is 10.2. The lowest BCUT2D eigenvalue weighted by Crippen LogP contribution is -2.37. The maximum Gasteiger partial charge on any atom is 0.255 e. The first-order valence-corrected chi connectivity index (χ1v) is 7.44. The monoisotopic (exact) mass is 327 g/mol. The summed E-state index contributed by atoms with van der Waals surface area (Å²) in [7, 11) is 0. The molecular weight excluding hydrogens is 310 g/mol. The molecule has 0 aliphatic carbocycles. The van der Waals surface area contributed by atoms with Gasteiger partial charge in [-0.3, -0.25) is 9.59 Å². The van der Waals surface area contributed by atoms with Gasteiger partial charge in [0.05, 0.1) is 36.3 Å². The summed E-state index contributed by atoms with van der Waals surface area (Å²) >= 11 is 0. The number of aromatic nitrogens is 3. The molecule has 0 saturated heterocycles. The van der Waals surface area contributed by atoms with Crippen molar-refractivity contribution in [3.63, 3.8) is 0 Å². The first-order valence-electron chi connectivity index (χ1n) is 7.44. The fourth-order valence-corrected chi connectivity index (χ4v) is 2.30. The lowest BCUT2D eigenvalue weighted by Gasteiger charge is -2.08. The van der Waals surface area contributed by atoms with E-state index in [0.717, 1.165) is 5.69 Å². The maximum atomic E-state index is 12.3. The fourth-order valence-electron chi connectivity index (χ4n) is 2.30. The van der Waals surface area contributed by atoms with Gasteiger partial charge in [0.2, 0.25) is 5.91 Å². The van der Waals surface area contributed by atoms with Crippen LogP contribution in [-0.4, -0.2) is 33.0 Å². The molecule has 0 saturated carbocycles. The van der Waals surface area contributed by atoms with Gasteiger partial charge in [0.25, 0.3) is 5.91 Å². The van der Waals surface area contributed by atoms with Crippen molar-refractivity contribution in [3.8, 4) is 0 Å². The number of furan rings is 1. The molecule has 8 nitrogen and oxygen atoms in total. The number of aryl methyl sites for hydroxylation is 2. The summed E-state index contributed by atoms with van der Waals surface area (Å²) in [5.74, 6) is -0.0289. The Morgan fingerprint density at radius 3 is 2.88 bits per heavy atom. The van der Waals surface area contributed by atoms with E-state index in [0.29, 0.717) is 22.7 Å². The molecule has 0 fully saturated rings. The molecule has 124 valence electrons. The third-order valence-corrected chi connectivity index (χ3v) is 3.54. The Hall–Kier alpha value is -3.16. The quantitative estimate of drug-likeness (QED) is 0.727. The molecule has 0 aromatic carbocycles. The first-order chi connectivity index (χ1) is 11.5. The van der Waals surface area contributed by atoms with Crippen molar-refractivity contribution in [1.82, 2.24) is 25.2 Å². The van der Waals surface area contributed by atoms with Crippen molar-refractivity contribution in [2.24, 2.45) is 0 Å². The van der Waals surface area contributed by atoms with E-state index in [1.807, 2.05) is 13.0 Å². The van der Waals surface area contributed by atoms with Gasteiger partial charge in [-0.25, -0.2) is 9.50 Å². The summed E-state index contributed by atoms with van der Waals surface area (Å²) in [5.41, 5.74) is 2.55. The summed E-state index contributed by atoms with van der Waals surface area (Å²) in [6.45, 7) is 3.79. The van der Waals surface area contributed by atoms with Gasteiger partial charge in [-0.1, -0.05) is 0 Å². The first kappa shape index (κ1) is 15.7. The van der Waals surface area contributed by atoms with Crippen molar-refractivity contribution in [2.45, 2.75) is 20.4 Å². The van der Waals surface area contributed by atoms with Crippen molar-refractivity contribution < 1.29 is 14.0 Å². The second-order valence-electron chi connectivity index (χ2n) is 5.35. The number of rotatable bonds is 5. The van der Waals surface area contributed by atoms with Crippen molar-refractivity contribution in [3.05, 3.63) is 53.4 Å². The van der Waals surface area contributed by atoms with Crippen LogP contribution in [0.1, 0.15) is 27.5 Å². The van der Waals surface area contributed by atoms with Crippen LogP contribution in [0.25, 0.3) is 5.65 Å². The Bertz CT molecular complexity index is 883. The zero-order chi connectivity index (χ0) is 17.1. The molecule has 3 aromatic rings. The Kier molecular flexibility index (Phi) is 4.28. The fraction of sp³-hybridized carbons (Fsp3) is 0.250. The molecule has 2 N–H and O–H groups in total. The molecule has 0 unspecified atom stereocenters. The molecule has 0 atom stereocenters. The van der Waals surface area contributed by atoms with Gasteiger partial charge in [0.1, 0.15) is 5.76 Å². The van der Waals surface area contributed by atoms with Crippen LogP contribution in [0.4, 0.5) is 0 Å². The summed E-state index contributed by atoms with van der Waals surface area (Å²) in [6.07, 6.45) is 3.02. The zero-order valence-corrected chi connectivity index (χ0v) is 13.4. The highest BCUT2D eigenvalue weighted by Crippen LogP contribution is 2.10. The van der Waals surface area contributed by atoms with Crippen LogP contribution in [-0.2, 0) is 11.3 Å². The average molecular weight is 327 g/mol. The van der Waals surface area contributed by atoms with Crippen LogP contribution in [0.15, 0.2) is 35.1 Å². The molecule has 0 bridgehead atoms. The maximum absolute atomic E-state index is 12.3. The third-order valence-electron chi connectivity index (χ3n) is 3.54. The van der Waals surface area contributed by atoms with Gasteiger partial charge >= 0.3 is 0 Å². The van der Waals surface area contributed by atoms with Crippen LogP contribution >= 0.6 is 0 Å². The van der Waals surface area contributed by atoms with E-state index in [4.69, 9.17) is 4.42 Å². The average Bonchev–Trinajstić information content (AvgIpc) is 3.20. The Balaban J connectivity index is 1.60. The number of hydrogen-bond donors (Lipinski definition) is 2. The molecule has 24 heavy (non-hydrogen) atoms. The SMILES string of the molecule is Cc1cc2ncc(C(=O)NCC(=O)NCc3ccco3)c(C)n2n1. The molecule has 0 spiro atoms. The molecule has 3 rings (SSSR count). The van der Waals surface area contributed by atoms with E-state index >= 15 is 0 Å². The van der Waals surface area contributed by atoms with Gasteiger partial charge in [-0.15, -0.1) is 0 Å². The van der Waals surface area contributed by atoms with Crippen molar-refractivity contribution >= 4 is 17.5 Å². The molecule has 8 heteroatoms. The Labute approximate surface area is 137 Å². The lowest BCUT2D eigenvalue weighted by molar-refractivity contribution is -0.120. The highest BCUT2D eigenvalue weighted by Gasteiger charge is 2.14. The second kappa shape index (κ2) is 6.53. The Morgan fingerprint density at radius 1 is 1.29 bits per heavy atom. The number of amides is 2.